The van der Waals surface area contributed by atoms with Crippen molar-refractivity contribution < 1.29 is 23.9 Å². The van der Waals surface area contributed by atoms with E-state index in [0.29, 0.717) is 11.1 Å². The van der Waals surface area contributed by atoms with Crippen LogP contribution in [-0.2, 0) is 27.2 Å². The van der Waals surface area contributed by atoms with Crippen LogP contribution in [0.1, 0.15) is 23.6 Å². The van der Waals surface area contributed by atoms with Crippen LogP contribution in [0.4, 0.5) is 4.39 Å². The van der Waals surface area contributed by atoms with Gasteiger partial charge < -0.3 is 15.7 Å². The number of carboxylic acids is 1. The predicted octanol–water partition coefficient (Wildman–Crippen LogP) is 1.56. The lowest BCUT2D eigenvalue weighted by Gasteiger charge is -2.21. The van der Waals surface area contributed by atoms with E-state index in [2.05, 4.69) is 10.6 Å². The number of nitrogens with zero attached hydrogens (tertiary/aromatic N) is 1. The molecule has 0 aliphatic rings. The lowest BCUT2D eigenvalue weighted by atomic mass is 10.0. The molecule has 2 rings (SSSR count). The molecule has 2 atom stereocenters. The molecule has 0 aliphatic carbocycles. The molecule has 0 saturated carbocycles. The first kappa shape index (κ1) is 21.6. The molecule has 0 heterocycles. The van der Waals surface area contributed by atoms with Gasteiger partial charge in [-0.25, -0.2) is 9.18 Å². The molecule has 0 fully saturated rings. The number of nitrogens with one attached hydrogen (secondary N) is 2. The van der Waals surface area contributed by atoms with Gasteiger partial charge in [0, 0.05) is 19.8 Å². The smallest absolute Gasteiger partial charge is 0.326 e. The molecule has 8 heteroatoms. The van der Waals surface area contributed by atoms with Crippen LogP contribution in [0.25, 0.3) is 0 Å². The highest BCUT2D eigenvalue weighted by atomic mass is 19.1. The van der Waals surface area contributed by atoms with Crippen LogP contribution >= 0.6 is 0 Å². The molecule has 0 aliphatic heterocycles. The summed E-state index contributed by atoms with van der Waals surface area (Å²) in [6.45, 7) is 1.21. The third-order valence-corrected chi connectivity index (χ3v) is 4.19. The maximum atomic E-state index is 13.9. The van der Waals surface area contributed by atoms with Gasteiger partial charge in [0.1, 0.15) is 17.9 Å². The van der Waals surface area contributed by atoms with Crippen molar-refractivity contribution in [2.24, 2.45) is 0 Å². The van der Waals surface area contributed by atoms with E-state index >= 15 is 0 Å². The van der Waals surface area contributed by atoms with Gasteiger partial charge >= 0.3 is 5.97 Å². The van der Waals surface area contributed by atoms with E-state index in [-0.39, 0.29) is 18.4 Å². The van der Waals surface area contributed by atoms with Crippen molar-refractivity contribution in [1.29, 1.82) is 5.26 Å². The van der Waals surface area contributed by atoms with Crippen LogP contribution in [-0.4, -0.2) is 35.0 Å². The van der Waals surface area contributed by atoms with E-state index in [0.717, 1.165) is 0 Å². The van der Waals surface area contributed by atoms with Gasteiger partial charge in [0.25, 0.3) is 0 Å². The van der Waals surface area contributed by atoms with E-state index in [9.17, 15) is 23.9 Å². The summed E-state index contributed by atoms with van der Waals surface area (Å²) in [5, 5.41) is 23.3. The van der Waals surface area contributed by atoms with Crippen LogP contribution in [0.15, 0.2) is 48.5 Å². The van der Waals surface area contributed by atoms with E-state index in [1.54, 1.807) is 24.3 Å². The summed E-state index contributed by atoms with van der Waals surface area (Å²) < 4.78 is 13.9. The number of benzene rings is 2. The molecular weight excluding hydrogens is 377 g/mol. The van der Waals surface area contributed by atoms with Gasteiger partial charge in [-0.3, -0.25) is 9.59 Å². The second-order valence-electron chi connectivity index (χ2n) is 6.46. The lowest BCUT2D eigenvalue weighted by Crippen LogP contribution is -2.52. The topological polar surface area (TPSA) is 119 Å². The van der Waals surface area contributed by atoms with E-state index in [4.69, 9.17) is 5.26 Å². The van der Waals surface area contributed by atoms with Crippen molar-refractivity contribution in [2.45, 2.75) is 31.8 Å². The van der Waals surface area contributed by atoms with Crippen LogP contribution in [0.3, 0.4) is 0 Å². The molecule has 2 aromatic rings. The highest BCUT2D eigenvalue weighted by molar-refractivity contribution is 5.90. The molecule has 0 unspecified atom stereocenters. The Hall–Kier alpha value is -3.73. The fourth-order valence-corrected chi connectivity index (χ4v) is 2.81. The van der Waals surface area contributed by atoms with E-state index in [1.807, 2.05) is 6.07 Å². The normalized spacial score (nSPS) is 12.3. The summed E-state index contributed by atoms with van der Waals surface area (Å²) in [6, 6.07) is 11.7. The van der Waals surface area contributed by atoms with Gasteiger partial charge in [0.15, 0.2) is 0 Å². The molecule has 2 amide bonds. The van der Waals surface area contributed by atoms with Gasteiger partial charge in [-0.05, 0) is 29.3 Å². The highest BCUT2D eigenvalue weighted by Crippen LogP contribution is 2.11. The Kier molecular flexibility index (Phi) is 7.43. The Labute approximate surface area is 167 Å². The molecule has 0 aromatic heterocycles. The molecule has 0 saturated heterocycles. The predicted molar refractivity (Wildman–Crippen MR) is 102 cm³/mol. The number of halogens is 1. The monoisotopic (exact) mass is 397 g/mol. The fourth-order valence-electron chi connectivity index (χ4n) is 2.81. The Morgan fingerprint density at radius 2 is 1.79 bits per heavy atom. The fraction of sp³-hybridized carbons (Fsp3) is 0.238. The number of rotatable bonds is 8. The number of aliphatic carboxylic acids is 1. The van der Waals surface area contributed by atoms with Crippen LogP contribution < -0.4 is 10.6 Å². The first-order valence-electron chi connectivity index (χ1n) is 8.83. The van der Waals surface area contributed by atoms with Crippen molar-refractivity contribution >= 4 is 17.8 Å². The number of carbonyl (C=O) groups excluding carboxylic acids is 2. The van der Waals surface area contributed by atoms with Crippen molar-refractivity contribution in [3.05, 3.63) is 71.0 Å². The van der Waals surface area contributed by atoms with Gasteiger partial charge in [0.05, 0.1) is 11.6 Å². The van der Waals surface area contributed by atoms with Gasteiger partial charge in [-0.1, -0.05) is 30.3 Å². The summed E-state index contributed by atoms with van der Waals surface area (Å²) >= 11 is 0. The number of nitriles is 1. The highest BCUT2D eigenvalue weighted by Gasteiger charge is 2.27. The molecule has 0 bridgehead atoms. The summed E-state index contributed by atoms with van der Waals surface area (Å²) in [5.41, 5.74) is 1.14. The first-order valence-corrected chi connectivity index (χ1v) is 8.83. The summed E-state index contributed by atoms with van der Waals surface area (Å²) in [5.74, 6) is -3.05. The van der Waals surface area contributed by atoms with Crippen LogP contribution in [0, 0.1) is 17.1 Å². The average Bonchev–Trinajstić information content (AvgIpc) is 2.68. The minimum Gasteiger partial charge on any atom is -0.480 e. The quantitative estimate of drug-likeness (QED) is 0.624. The maximum absolute atomic E-state index is 13.9. The van der Waals surface area contributed by atoms with Crippen molar-refractivity contribution in [3.63, 3.8) is 0 Å². The SMILES string of the molecule is CC(=O)N[C@H](Cc1ccccc1F)C(=O)N[C@@H](Cc1cccc(C#N)c1)C(=O)O. The molecule has 29 heavy (non-hydrogen) atoms. The van der Waals surface area contributed by atoms with Crippen LogP contribution in [0.5, 0.6) is 0 Å². The third kappa shape index (κ3) is 6.43. The van der Waals surface area contributed by atoms with Gasteiger partial charge in [-0.2, -0.15) is 5.26 Å². The van der Waals surface area contributed by atoms with Crippen molar-refractivity contribution in [2.75, 3.05) is 0 Å². The van der Waals surface area contributed by atoms with Crippen molar-refractivity contribution in [1.82, 2.24) is 10.6 Å². The molecule has 3 N–H and O–H groups in total. The zero-order chi connectivity index (χ0) is 21.4. The second-order valence-corrected chi connectivity index (χ2v) is 6.46. The number of carbonyl (C=O) groups is 3. The largest absolute Gasteiger partial charge is 0.480 e. The Bertz CT molecular complexity index is 955. The minimum absolute atomic E-state index is 0.0525. The lowest BCUT2D eigenvalue weighted by molar-refractivity contribution is -0.142. The number of amides is 2. The Balaban J connectivity index is 2.17. The zero-order valence-corrected chi connectivity index (χ0v) is 15.7. The Morgan fingerprint density at radius 1 is 1.07 bits per heavy atom. The molecule has 2 aromatic carbocycles. The van der Waals surface area contributed by atoms with E-state index in [1.165, 1.54) is 31.2 Å². The summed E-state index contributed by atoms with van der Waals surface area (Å²) in [7, 11) is 0. The number of hydrogen-bond acceptors (Lipinski definition) is 4. The van der Waals surface area contributed by atoms with Crippen molar-refractivity contribution in [3.8, 4) is 6.07 Å². The maximum Gasteiger partial charge on any atom is 0.326 e. The van der Waals surface area contributed by atoms with Gasteiger partial charge in [-0.15, -0.1) is 0 Å². The number of carboxylic acid groups (broad SMARTS) is 1. The summed E-state index contributed by atoms with van der Waals surface area (Å²) in [4.78, 5) is 35.8. The standard InChI is InChI=1S/C21H20FN3O4/c1-13(26)24-18(11-16-7-2-3-8-17(16)22)20(27)25-19(21(28)29)10-14-5-4-6-15(9-14)12-23/h2-9,18-19H,10-11H2,1H3,(H,24,26)(H,25,27)(H,28,29)/t18-,19+/m1/s1. The Morgan fingerprint density at radius 3 is 2.41 bits per heavy atom. The molecule has 0 radical (unpaired) electrons. The van der Waals surface area contributed by atoms with Crippen LogP contribution in [0.2, 0.25) is 0 Å². The molecule has 7 nitrogen and oxygen atoms in total. The van der Waals surface area contributed by atoms with E-state index < -0.39 is 35.7 Å². The molecular formula is C21H20FN3O4. The minimum atomic E-state index is -1.28. The molecule has 150 valence electrons. The van der Waals surface area contributed by atoms with Gasteiger partial charge in [0.2, 0.25) is 11.8 Å². The summed E-state index contributed by atoms with van der Waals surface area (Å²) in [6.07, 6.45) is -0.183. The third-order valence-electron chi connectivity index (χ3n) is 4.19. The zero-order valence-electron chi connectivity index (χ0n) is 15.7. The average molecular weight is 397 g/mol. The first-order chi connectivity index (χ1) is 13.8. The number of hydrogen-bond donors (Lipinski definition) is 3. The second kappa shape index (κ2) is 9.99. The molecule has 0 spiro atoms.